The molecule has 6 heteroatoms. The van der Waals surface area contributed by atoms with Gasteiger partial charge >= 0.3 is 0 Å². The third kappa shape index (κ3) is 3.91. The smallest absolute Gasteiger partial charge is 0.243 e. The summed E-state index contributed by atoms with van der Waals surface area (Å²) in [4.78, 5) is 0.222. The lowest BCUT2D eigenvalue weighted by molar-refractivity contribution is 0.281. The van der Waals surface area contributed by atoms with Crippen molar-refractivity contribution < 1.29 is 13.5 Å². The minimum absolute atomic E-state index is 0.102. The van der Waals surface area contributed by atoms with Crippen molar-refractivity contribution in [3.8, 4) is 0 Å². The zero-order valence-electron chi connectivity index (χ0n) is 11.5. The number of nitrogens with zero attached hydrogens (tertiary/aromatic N) is 1. The van der Waals surface area contributed by atoms with Crippen molar-refractivity contribution in [2.24, 2.45) is 0 Å². The molecule has 0 aliphatic carbocycles. The van der Waals surface area contributed by atoms with Gasteiger partial charge in [0.25, 0.3) is 0 Å². The zero-order valence-corrected chi connectivity index (χ0v) is 13.9. The van der Waals surface area contributed by atoms with Gasteiger partial charge in [0, 0.05) is 18.1 Å². The van der Waals surface area contributed by atoms with Gasteiger partial charge in [-0.1, -0.05) is 40.2 Å². The average molecular weight is 370 g/mol. The number of halogens is 1. The van der Waals surface area contributed by atoms with E-state index in [1.807, 2.05) is 24.3 Å². The Bertz CT molecular complexity index is 697. The van der Waals surface area contributed by atoms with Gasteiger partial charge in [-0.15, -0.1) is 0 Å². The van der Waals surface area contributed by atoms with Crippen LogP contribution < -0.4 is 0 Å². The van der Waals surface area contributed by atoms with Gasteiger partial charge in [-0.3, -0.25) is 0 Å². The van der Waals surface area contributed by atoms with Gasteiger partial charge in [0.05, 0.1) is 11.5 Å². The summed E-state index contributed by atoms with van der Waals surface area (Å²) in [7, 11) is -1.98. The number of hydrogen-bond donors (Lipinski definition) is 1. The first-order chi connectivity index (χ1) is 9.93. The number of aliphatic hydroxyl groups excluding tert-OH is 1. The molecule has 2 rings (SSSR count). The first kappa shape index (κ1) is 16.2. The van der Waals surface area contributed by atoms with Gasteiger partial charge in [0.1, 0.15) is 0 Å². The maximum atomic E-state index is 12.5. The van der Waals surface area contributed by atoms with E-state index in [9.17, 15) is 8.42 Å². The molecule has 0 aromatic heterocycles. The Balaban J connectivity index is 2.19. The first-order valence-electron chi connectivity index (χ1n) is 6.34. The van der Waals surface area contributed by atoms with Crippen molar-refractivity contribution in [3.63, 3.8) is 0 Å². The van der Waals surface area contributed by atoms with Crippen molar-refractivity contribution in [2.75, 3.05) is 7.05 Å². The summed E-state index contributed by atoms with van der Waals surface area (Å²) in [6.45, 7) is 0.201. The summed E-state index contributed by atoms with van der Waals surface area (Å²) in [6.07, 6.45) is 0. The van der Waals surface area contributed by atoms with E-state index in [2.05, 4.69) is 15.9 Å². The number of benzene rings is 2. The van der Waals surface area contributed by atoms with E-state index < -0.39 is 10.0 Å². The highest BCUT2D eigenvalue weighted by Gasteiger charge is 2.20. The minimum Gasteiger partial charge on any atom is -0.392 e. The molecule has 2 aromatic carbocycles. The molecular formula is C15H16BrNO3S. The van der Waals surface area contributed by atoms with Crippen LogP contribution in [0.5, 0.6) is 0 Å². The van der Waals surface area contributed by atoms with Crippen molar-refractivity contribution in [1.82, 2.24) is 4.31 Å². The van der Waals surface area contributed by atoms with Crippen molar-refractivity contribution in [3.05, 3.63) is 64.1 Å². The van der Waals surface area contributed by atoms with Crippen LogP contribution in [0.4, 0.5) is 0 Å². The fourth-order valence-corrected chi connectivity index (χ4v) is 3.30. The summed E-state index contributed by atoms with van der Waals surface area (Å²) in [5.74, 6) is 0. The molecule has 0 aliphatic heterocycles. The maximum absolute atomic E-state index is 12.5. The summed E-state index contributed by atoms with van der Waals surface area (Å²) >= 11 is 3.35. The molecular weight excluding hydrogens is 354 g/mol. The van der Waals surface area contributed by atoms with E-state index in [0.29, 0.717) is 12.1 Å². The summed E-state index contributed by atoms with van der Waals surface area (Å²) in [5, 5.41) is 8.99. The molecule has 0 atom stereocenters. The minimum atomic E-state index is -3.53. The SMILES string of the molecule is CN(Cc1ccc(Br)cc1)S(=O)(=O)c1ccc(CO)cc1. The van der Waals surface area contributed by atoms with Crippen molar-refractivity contribution in [1.29, 1.82) is 0 Å². The normalized spacial score (nSPS) is 11.8. The molecule has 0 bridgehead atoms. The van der Waals surface area contributed by atoms with E-state index >= 15 is 0 Å². The third-order valence-corrected chi connectivity index (χ3v) is 5.48. The Morgan fingerprint density at radius 2 is 1.52 bits per heavy atom. The molecule has 0 fully saturated rings. The number of aliphatic hydroxyl groups is 1. The maximum Gasteiger partial charge on any atom is 0.243 e. The predicted molar refractivity (Wildman–Crippen MR) is 85.2 cm³/mol. The molecule has 0 aliphatic rings. The second-order valence-electron chi connectivity index (χ2n) is 4.69. The Morgan fingerprint density at radius 1 is 1.00 bits per heavy atom. The fraction of sp³-hybridized carbons (Fsp3) is 0.200. The van der Waals surface area contributed by atoms with Gasteiger partial charge in [-0.25, -0.2) is 8.42 Å². The van der Waals surface area contributed by atoms with E-state index in [0.717, 1.165) is 10.0 Å². The Labute approximate surface area is 133 Å². The van der Waals surface area contributed by atoms with Gasteiger partial charge in [-0.2, -0.15) is 4.31 Å². The van der Waals surface area contributed by atoms with Crippen LogP contribution in [0.1, 0.15) is 11.1 Å². The van der Waals surface area contributed by atoms with Crippen LogP contribution in [0, 0.1) is 0 Å². The Hall–Kier alpha value is -1.21. The first-order valence-corrected chi connectivity index (χ1v) is 8.57. The molecule has 2 aromatic rings. The van der Waals surface area contributed by atoms with Crippen LogP contribution in [-0.2, 0) is 23.2 Å². The quantitative estimate of drug-likeness (QED) is 0.881. The molecule has 0 heterocycles. The van der Waals surface area contributed by atoms with Crippen LogP contribution in [-0.4, -0.2) is 24.9 Å². The molecule has 112 valence electrons. The van der Waals surface area contributed by atoms with E-state index in [1.165, 1.54) is 16.4 Å². The molecule has 0 spiro atoms. The number of sulfonamides is 1. The Morgan fingerprint density at radius 3 is 2.05 bits per heavy atom. The molecule has 0 saturated heterocycles. The van der Waals surface area contributed by atoms with Crippen LogP contribution in [0.2, 0.25) is 0 Å². The lowest BCUT2D eigenvalue weighted by Crippen LogP contribution is -2.26. The van der Waals surface area contributed by atoms with Crippen LogP contribution in [0.3, 0.4) is 0 Å². The highest BCUT2D eigenvalue weighted by atomic mass is 79.9. The van der Waals surface area contributed by atoms with E-state index in [1.54, 1.807) is 19.2 Å². The number of rotatable bonds is 5. The average Bonchev–Trinajstić information content (AvgIpc) is 2.49. The van der Waals surface area contributed by atoms with Crippen LogP contribution in [0.15, 0.2) is 57.9 Å². The highest BCUT2D eigenvalue weighted by molar-refractivity contribution is 9.10. The van der Waals surface area contributed by atoms with E-state index in [4.69, 9.17) is 5.11 Å². The number of hydrogen-bond acceptors (Lipinski definition) is 3. The summed E-state index contributed by atoms with van der Waals surface area (Å²) in [6, 6.07) is 13.8. The largest absolute Gasteiger partial charge is 0.392 e. The van der Waals surface area contributed by atoms with Gasteiger partial charge in [0.15, 0.2) is 0 Å². The topological polar surface area (TPSA) is 57.6 Å². The van der Waals surface area contributed by atoms with Gasteiger partial charge in [0.2, 0.25) is 10.0 Å². The second-order valence-corrected chi connectivity index (χ2v) is 7.65. The second kappa shape index (κ2) is 6.70. The molecule has 1 N–H and O–H groups in total. The fourth-order valence-electron chi connectivity index (χ4n) is 1.88. The highest BCUT2D eigenvalue weighted by Crippen LogP contribution is 2.18. The van der Waals surface area contributed by atoms with Gasteiger partial charge in [-0.05, 0) is 35.4 Å². The third-order valence-electron chi connectivity index (χ3n) is 3.13. The van der Waals surface area contributed by atoms with Gasteiger partial charge < -0.3 is 5.11 Å². The van der Waals surface area contributed by atoms with E-state index in [-0.39, 0.29) is 11.5 Å². The molecule has 4 nitrogen and oxygen atoms in total. The zero-order chi connectivity index (χ0) is 15.5. The van der Waals surface area contributed by atoms with Crippen molar-refractivity contribution >= 4 is 26.0 Å². The van der Waals surface area contributed by atoms with Crippen LogP contribution in [0.25, 0.3) is 0 Å². The predicted octanol–water partition coefficient (Wildman–Crippen LogP) is 2.76. The lowest BCUT2D eigenvalue weighted by atomic mass is 10.2. The molecule has 0 radical (unpaired) electrons. The monoisotopic (exact) mass is 369 g/mol. The molecule has 0 amide bonds. The standard InChI is InChI=1S/C15H16BrNO3S/c1-17(10-12-2-6-14(16)7-3-12)21(19,20)15-8-4-13(11-18)5-9-15/h2-9,18H,10-11H2,1H3. The molecule has 0 saturated carbocycles. The lowest BCUT2D eigenvalue weighted by Gasteiger charge is -2.17. The summed E-state index contributed by atoms with van der Waals surface area (Å²) < 4.78 is 27.2. The van der Waals surface area contributed by atoms with Crippen molar-refractivity contribution in [2.45, 2.75) is 18.0 Å². The Kier molecular flexibility index (Phi) is 5.16. The molecule has 0 unspecified atom stereocenters. The van der Waals surface area contributed by atoms with Crippen LogP contribution >= 0.6 is 15.9 Å². The molecule has 21 heavy (non-hydrogen) atoms. The summed E-state index contributed by atoms with van der Waals surface area (Å²) in [5.41, 5.74) is 1.60.